The second-order valence-electron chi connectivity index (χ2n) is 10.6. The van der Waals surface area contributed by atoms with E-state index in [4.69, 9.17) is 32.7 Å². The predicted molar refractivity (Wildman–Crippen MR) is 174 cm³/mol. The average molecular weight is 665 g/mol. The van der Waals surface area contributed by atoms with Crippen LogP contribution in [0.2, 0.25) is 10.0 Å². The summed E-state index contributed by atoms with van der Waals surface area (Å²) in [5.74, 6) is -0.278. The van der Waals surface area contributed by atoms with E-state index < -0.39 is 28.5 Å². The number of hydrogen-bond acceptors (Lipinski definition) is 6. The van der Waals surface area contributed by atoms with Gasteiger partial charge in [-0.1, -0.05) is 67.7 Å². The number of rotatable bonds is 14. The normalized spacial score (nSPS) is 12.0. The number of halogens is 2. The minimum Gasteiger partial charge on any atom is -0.497 e. The summed E-state index contributed by atoms with van der Waals surface area (Å²) in [5.41, 5.74) is 1.39. The van der Waals surface area contributed by atoms with Gasteiger partial charge in [-0.3, -0.25) is 13.9 Å². The zero-order valence-corrected chi connectivity index (χ0v) is 28.1. The largest absolute Gasteiger partial charge is 0.497 e. The third kappa shape index (κ3) is 8.37. The molecule has 0 bridgehead atoms. The topological polar surface area (TPSA) is 105 Å². The van der Waals surface area contributed by atoms with Gasteiger partial charge < -0.3 is 19.7 Å². The van der Waals surface area contributed by atoms with E-state index in [0.717, 1.165) is 9.87 Å². The number of amides is 2. The Morgan fingerprint density at radius 1 is 0.955 bits per heavy atom. The molecule has 0 aliphatic rings. The molecule has 1 N–H and O–H groups in total. The van der Waals surface area contributed by atoms with E-state index in [1.165, 1.54) is 37.3 Å². The Balaban J connectivity index is 2.18. The van der Waals surface area contributed by atoms with E-state index in [1.54, 1.807) is 49.4 Å². The maximum absolute atomic E-state index is 14.4. The molecule has 0 aliphatic heterocycles. The van der Waals surface area contributed by atoms with Crippen molar-refractivity contribution < 1.29 is 27.5 Å². The lowest BCUT2D eigenvalue weighted by molar-refractivity contribution is -0.140. The number of carbonyl (C=O) groups is 2. The van der Waals surface area contributed by atoms with Gasteiger partial charge in [0.25, 0.3) is 10.0 Å². The number of ether oxygens (including phenoxy) is 2. The Labute approximate surface area is 270 Å². The average Bonchev–Trinajstić information content (AvgIpc) is 2.99. The molecule has 0 saturated carbocycles. The fraction of sp³-hybridized carbons (Fsp3) is 0.375. The van der Waals surface area contributed by atoms with Gasteiger partial charge in [-0.2, -0.15) is 0 Å². The number of hydrogen-bond donors (Lipinski definition) is 1. The van der Waals surface area contributed by atoms with Crippen molar-refractivity contribution in [3.63, 3.8) is 0 Å². The van der Waals surface area contributed by atoms with Gasteiger partial charge in [0.2, 0.25) is 11.8 Å². The highest BCUT2D eigenvalue weighted by atomic mass is 35.5. The number of nitrogens with zero attached hydrogens (tertiary/aromatic N) is 2. The van der Waals surface area contributed by atoms with E-state index in [-0.39, 0.29) is 41.1 Å². The molecule has 0 unspecified atom stereocenters. The van der Waals surface area contributed by atoms with Crippen molar-refractivity contribution in [2.45, 2.75) is 51.6 Å². The highest BCUT2D eigenvalue weighted by Gasteiger charge is 2.35. The molecule has 0 spiro atoms. The molecule has 0 aromatic heterocycles. The second-order valence-corrected chi connectivity index (χ2v) is 13.3. The van der Waals surface area contributed by atoms with Crippen LogP contribution < -0.4 is 19.1 Å². The molecule has 3 aromatic carbocycles. The van der Waals surface area contributed by atoms with Crippen LogP contribution in [0.15, 0.2) is 65.6 Å². The van der Waals surface area contributed by atoms with Gasteiger partial charge >= 0.3 is 0 Å². The standard InChI is InChI=1S/C32H39Cl2N3O6S/c1-7-28(32(39)35-18-21(2)3)36(19-25-26(33)9-8-10-27(25)34)31(38)20-37(29-17-23(42-5)13-16-30(29)43-6)44(40,41)24-14-11-22(4)12-15-24/h8-17,21,28H,7,18-20H2,1-6H3,(H,35,39)/t28-/m0/s1. The lowest BCUT2D eigenvalue weighted by atomic mass is 10.1. The van der Waals surface area contributed by atoms with Crippen molar-refractivity contribution in [1.82, 2.24) is 10.2 Å². The maximum atomic E-state index is 14.4. The Bertz CT molecular complexity index is 1540. The molecule has 2 amide bonds. The second kappa shape index (κ2) is 15.5. The molecule has 0 heterocycles. The summed E-state index contributed by atoms with van der Waals surface area (Å²) in [5, 5.41) is 3.52. The highest BCUT2D eigenvalue weighted by molar-refractivity contribution is 7.92. The summed E-state index contributed by atoms with van der Waals surface area (Å²) < 4.78 is 40.3. The summed E-state index contributed by atoms with van der Waals surface area (Å²) in [7, 11) is -1.47. The molecule has 1 atom stereocenters. The van der Waals surface area contributed by atoms with Crippen LogP contribution in [0.25, 0.3) is 0 Å². The van der Waals surface area contributed by atoms with Crippen LogP contribution >= 0.6 is 23.2 Å². The lowest BCUT2D eigenvalue weighted by Gasteiger charge is -2.34. The summed E-state index contributed by atoms with van der Waals surface area (Å²) in [6, 6.07) is 15.0. The summed E-state index contributed by atoms with van der Waals surface area (Å²) in [4.78, 5) is 29.1. The molecule has 3 aromatic rings. The fourth-order valence-electron chi connectivity index (χ4n) is 4.54. The summed E-state index contributed by atoms with van der Waals surface area (Å²) >= 11 is 13.0. The molecule has 3 rings (SSSR count). The van der Waals surface area contributed by atoms with Crippen molar-refractivity contribution >= 4 is 50.7 Å². The third-order valence-electron chi connectivity index (χ3n) is 7.00. The molecular formula is C32H39Cl2N3O6S. The van der Waals surface area contributed by atoms with Crippen molar-refractivity contribution in [2.75, 3.05) is 31.6 Å². The highest BCUT2D eigenvalue weighted by Crippen LogP contribution is 2.36. The van der Waals surface area contributed by atoms with Crippen LogP contribution in [-0.2, 0) is 26.2 Å². The van der Waals surface area contributed by atoms with Crippen molar-refractivity contribution in [3.05, 3.63) is 81.8 Å². The van der Waals surface area contributed by atoms with Gasteiger partial charge in [0.15, 0.2) is 0 Å². The molecule has 238 valence electrons. The predicted octanol–water partition coefficient (Wildman–Crippen LogP) is 6.09. The van der Waals surface area contributed by atoms with E-state index in [0.29, 0.717) is 27.9 Å². The summed E-state index contributed by atoms with van der Waals surface area (Å²) in [6.45, 7) is 7.16. The molecule has 44 heavy (non-hydrogen) atoms. The Morgan fingerprint density at radius 3 is 2.14 bits per heavy atom. The zero-order valence-electron chi connectivity index (χ0n) is 25.8. The number of methoxy groups -OCH3 is 2. The first-order chi connectivity index (χ1) is 20.8. The number of anilines is 1. The molecule has 0 radical (unpaired) electrons. The van der Waals surface area contributed by atoms with Crippen LogP contribution in [0, 0.1) is 12.8 Å². The van der Waals surface area contributed by atoms with Crippen molar-refractivity contribution in [2.24, 2.45) is 5.92 Å². The van der Waals surface area contributed by atoms with Gasteiger partial charge in [-0.05, 0) is 55.7 Å². The number of nitrogens with one attached hydrogen (secondary N) is 1. The fourth-order valence-corrected chi connectivity index (χ4v) is 6.47. The van der Waals surface area contributed by atoms with Gasteiger partial charge in [0.05, 0.1) is 24.8 Å². The minimum atomic E-state index is -4.32. The maximum Gasteiger partial charge on any atom is 0.264 e. The van der Waals surface area contributed by atoms with E-state index in [9.17, 15) is 18.0 Å². The van der Waals surface area contributed by atoms with Gasteiger partial charge in [-0.15, -0.1) is 0 Å². The van der Waals surface area contributed by atoms with Crippen LogP contribution in [-0.4, -0.2) is 58.5 Å². The number of aryl methyl sites for hydroxylation is 1. The molecular weight excluding hydrogens is 625 g/mol. The first-order valence-electron chi connectivity index (χ1n) is 14.1. The Kier molecular flexibility index (Phi) is 12.3. The molecule has 0 fully saturated rings. The smallest absolute Gasteiger partial charge is 0.264 e. The Hall–Kier alpha value is -3.47. The minimum absolute atomic E-state index is 0.0248. The van der Waals surface area contributed by atoms with Crippen LogP contribution in [0.5, 0.6) is 11.5 Å². The molecule has 9 nitrogen and oxygen atoms in total. The monoisotopic (exact) mass is 663 g/mol. The first-order valence-corrected chi connectivity index (χ1v) is 16.3. The first kappa shape index (κ1) is 35.0. The number of sulfonamides is 1. The SMILES string of the molecule is CC[C@@H](C(=O)NCC(C)C)N(Cc1c(Cl)cccc1Cl)C(=O)CN(c1cc(OC)ccc1OC)S(=O)(=O)c1ccc(C)cc1. The zero-order chi connectivity index (χ0) is 32.6. The van der Waals surface area contributed by atoms with Crippen molar-refractivity contribution in [3.8, 4) is 11.5 Å². The number of benzene rings is 3. The van der Waals surface area contributed by atoms with E-state index in [1.807, 2.05) is 20.8 Å². The van der Waals surface area contributed by atoms with Crippen molar-refractivity contribution in [1.29, 1.82) is 0 Å². The number of carbonyl (C=O) groups excluding carboxylic acids is 2. The lowest BCUT2D eigenvalue weighted by Crippen LogP contribution is -2.52. The van der Waals surface area contributed by atoms with E-state index in [2.05, 4.69) is 5.32 Å². The molecule has 0 aliphatic carbocycles. The van der Waals surface area contributed by atoms with E-state index >= 15 is 0 Å². The Morgan fingerprint density at radius 2 is 1.59 bits per heavy atom. The third-order valence-corrected chi connectivity index (χ3v) is 9.49. The summed E-state index contributed by atoms with van der Waals surface area (Å²) in [6.07, 6.45) is 0.255. The van der Waals surface area contributed by atoms with Crippen LogP contribution in [0.4, 0.5) is 5.69 Å². The molecule has 0 saturated heterocycles. The molecule has 12 heteroatoms. The van der Waals surface area contributed by atoms with Gasteiger partial charge in [0.1, 0.15) is 24.1 Å². The van der Waals surface area contributed by atoms with Crippen LogP contribution in [0.1, 0.15) is 38.3 Å². The van der Waals surface area contributed by atoms with Crippen LogP contribution in [0.3, 0.4) is 0 Å². The van der Waals surface area contributed by atoms with Gasteiger partial charge in [-0.25, -0.2) is 8.42 Å². The quantitative estimate of drug-likeness (QED) is 0.224. The van der Waals surface area contributed by atoms with Gasteiger partial charge in [0, 0.05) is 34.8 Å².